The van der Waals surface area contributed by atoms with Crippen molar-refractivity contribution in [1.82, 2.24) is 10.2 Å². The van der Waals surface area contributed by atoms with E-state index in [9.17, 15) is 0 Å². The van der Waals surface area contributed by atoms with Gasteiger partial charge in [0.25, 0.3) is 0 Å². The fourth-order valence-corrected chi connectivity index (χ4v) is 2.47. The minimum Gasteiger partial charge on any atom is -0.493 e. The molecule has 0 aliphatic heterocycles. The molecule has 3 N–H and O–H groups in total. The number of nitrogens with two attached hydrogens (primary N) is 1. The van der Waals surface area contributed by atoms with Gasteiger partial charge >= 0.3 is 0 Å². The lowest BCUT2D eigenvalue weighted by atomic mass is 10.1. The molecule has 0 atom stereocenters. The smallest absolute Gasteiger partial charge is 0.204 e. The summed E-state index contributed by atoms with van der Waals surface area (Å²) in [6.07, 6.45) is 1.63. The number of benzene rings is 1. The minimum absolute atomic E-state index is 0.450. The molecule has 0 spiro atoms. The van der Waals surface area contributed by atoms with Crippen LogP contribution in [-0.2, 0) is 0 Å². The molecule has 0 bridgehead atoms. The Balaban J connectivity index is 2.77. The van der Waals surface area contributed by atoms with Gasteiger partial charge in [-0.05, 0) is 22.0 Å². The molecule has 0 unspecified atom stereocenters. The second-order valence-electron chi connectivity index (χ2n) is 3.70. The molecule has 0 aliphatic carbocycles. The van der Waals surface area contributed by atoms with E-state index in [1.54, 1.807) is 33.6 Å². The zero-order chi connectivity index (χ0) is 14.0. The van der Waals surface area contributed by atoms with Crippen LogP contribution in [0.4, 0.5) is 5.82 Å². The van der Waals surface area contributed by atoms with Crippen molar-refractivity contribution >= 4 is 21.7 Å². The number of nitrogens with one attached hydrogen (secondary N) is 1. The molecule has 2 rings (SSSR count). The maximum absolute atomic E-state index is 5.86. The first-order chi connectivity index (χ1) is 9.13. The second-order valence-corrected chi connectivity index (χ2v) is 4.55. The van der Waals surface area contributed by atoms with Crippen LogP contribution in [0.2, 0.25) is 0 Å². The highest BCUT2D eigenvalue weighted by Gasteiger charge is 2.22. The van der Waals surface area contributed by atoms with E-state index in [2.05, 4.69) is 26.1 Å². The third kappa shape index (κ3) is 2.21. The van der Waals surface area contributed by atoms with Crippen molar-refractivity contribution in [3.8, 4) is 28.4 Å². The van der Waals surface area contributed by atoms with Gasteiger partial charge in [0.15, 0.2) is 11.5 Å². The monoisotopic (exact) mass is 327 g/mol. The summed E-state index contributed by atoms with van der Waals surface area (Å²) in [6, 6.07) is 1.79. The fraction of sp³-hybridized carbons (Fsp3) is 0.250. The van der Waals surface area contributed by atoms with E-state index < -0.39 is 0 Å². The van der Waals surface area contributed by atoms with E-state index >= 15 is 0 Å². The maximum Gasteiger partial charge on any atom is 0.204 e. The molecule has 0 saturated carbocycles. The number of hydrogen-bond donors (Lipinski definition) is 2. The average molecular weight is 328 g/mol. The van der Waals surface area contributed by atoms with Crippen LogP contribution in [0, 0.1) is 0 Å². The summed E-state index contributed by atoms with van der Waals surface area (Å²) in [5.41, 5.74) is 7.34. The molecule has 102 valence electrons. The molecular weight excluding hydrogens is 314 g/mol. The summed E-state index contributed by atoms with van der Waals surface area (Å²) >= 11 is 3.49. The zero-order valence-electron chi connectivity index (χ0n) is 10.8. The molecular formula is C12H14BrN3O3. The predicted molar refractivity (Wildman–Crippen MR) is 75.8 cm³/mol. The Labute approximate surface area is 119 Å². The van der Waals surface area contributed by atoms with Crippen molar-refractivity contribution in [2.24, 2.45) is 0 Å². The molecule has 2 aromatic rings. The summed E-state index contributed by atoms with van der Waals surface area (Å²) < 4.78 is 16.8. The molecule has 0 amide bonds. The number of rotatable bonds is 4. The van der Waals surface area contributed by atoms with Crippen molar-refractivity contribution in [2.45, 2.75) is 0 Å². The number of nitrogen functional groups attached to an aromatic ring is 1. The summed E-state index contributed by atoms with van der Waals surface area (Å²) in [4.78, 5) is 0. The summed E-state index contributed by atoms with van der Waals surface area (Å²) in [5.74, 6) is 2.05. The number of anilines is 1. The van der Waals surface area contributed by atoms with Crippen molar-refractivity contribution in [3.05, 3.63) is 16.7 Å². The molecule has 6 nitrogen and oxygen atoms in total. The number of nitrogens with zero attached hydrogens (tertiary/aromatic N) is 1. The quantitative estimate of drug-likeness (QED) is 0.901. The first-order valence-corrected chi connectivity index (χ1v) is 6.21. The molecule has 0 aliphatic rings. The van der Waals surface area contributed by atoms with Crippen molar-refractivity contribution in [3.63, 3.8) is 0 Å². The van der Waals surface area contributed by atoms with Gasteiger partial charge in [-0.1, -0.05) is 0 Å². The van der Waals surface area contributed by atoms with Crippen LogP contribution in [0.5, 0.6) is 17.2 Å². The van der Waals surface area contributed by atoms with Crippen LogP contribution < -0.4 is 19.9 Å². The Morgan fingerprint density at radius 1 is 1.16 bits per heavy atom. The van der Waals surface area contributed by atoms with E-state index in [4.69, 9.17) is 19.9 Å². The van der Waals surface area contributed by atoms with Gasteiger partial charge in [-0.25, -0.2) is 0 Å². The largest absolute Gasteiger partial charge is 0.493 e. The summed E-state index contributed by atoms with van der Waals surface area (Å²) in [6.45, 7) is 0. The van der Waals surface area contributed by atoms with E-state index in [0.717, 1.165) is 15.6 Å². The van der Waals surface area contributed by atoms with Gasteiger partial charge in [0, 0.05) is 15.6 Å². The predicted octanol–water partition coefficient (Wildman–Crippen LogP) is 2.45. The lowest BCUT2D eigenvalue weighted by Gasteiger charge is -2.17. The average Bonchev–Trinajstić information content (AvgIpc) is 2.83. The lowest BCUT2D eigenvalue weighted by molar-refractivity contribution is 0.325. The van der Waals surface area contributed by atoms with Gasteiger partial charge in [-0.2, -0.15) is 5.10 Å². The normalized spacial score (nSPS) is 10.3. The molecule has 1 aromatic carbocycles. The second kappa shape index (κ2) is 5.40. The number of methoxy groups -OCH3 is 3. The van der Waals surface area contributed by atoms with E-state index in [-0.39, 0.29) is 0 Å². The first-order valence-electron chi connectivity index (χ1n) is 5.41. The Morgan fingerprint density at radius 2 is 1.84 bits per heavy atom. The van der Waals surface area contributed by atoms with Crippen molar-refractivity contribution < 1.29 is 14.2 Å². The van der Waals surface area contributed by atoms with Gasteiger partial charge in [-0.3, -0.25) is 5.10 Å². The lowest BCUT2D eigenvalue weighted by Crippen LogP contribution is -1.98. The van der Waals surface area contributed by atoms with E-state index in [0.29, 0.717) is 23.1 Å². The highest BCUT2D eigenvalue weighted by Crippen LogP contribution is 2.49. The molecule has 0 fully saturated rings. The van der Waals surface area contributed by atoms with E-state index in [1.165, 1.54) is 0 Å². The van der Waals surface area contributed by atoms with E-state index in [1.807, 2.05) is 0 Å². The van der Waals surface area contributed by atoms with Crippen LogP contribution in [0.1, 0.15) is 0 Å². The van der Waals surface area contributed by atoms with Gasteiger partial charge in [0.05, 0.1) is 27.5 Å². The highest BCUT2D eigenvalue weighted by molar-refractivity contribution is 9.10. The van der Waals surface area contributed by atoms with Gasteiger partial charge in [0.1, 0.15) is 5.82 Å². The maximum atomic E-state index is 5.86. The number of aromatic nitrogens is 2. The standard InChI is InChI=1S/C12H14BrN3O3/c1-17-8-4-7(13)9(6-5-15-16-12(6)14)11(19-3)10(8)18-2/h4-5H,1-3H3,(H3,14,15,16). The Kier molecular flexibility index (Phi) is 3.84. The Morgan fingerprint density at radius 3 is 2.32 bits per heavy atom. The fourth-order valence-electron chi connectivity index (χ4n) is 1.87. The number of ether oxygens (including phenoxy) is 3. The number of halogens is 1. The Hall–Kier alpha value is -1.89. The SMILES string of the molecule is COc1cc(Br)c(-c2cn[nH]c2N)c(OC)c1OC. The van der Waals surface area contributed by atoms with Gasteiger partial charge < -0.3 is 19.9 Å². The van der Waals surface area contributed by atoms with Crippen LogP contribution in [-0.4, -0.2) is 31.5 Å². The molecule has 1 heterocycles. The Bertz CT molecular complexity index is 598. The molecule has 7 heteroatoms. The molecule has 1 aromatic heterocycles. The number of hydrogen-bond acceptors (Lipinski definition) is 5. The third-order valence-corrected chi connectivity index (χ3v) is 3.35. The molecule has 19 heavy (non-hydrogen) atoms. The van der Waals surface area contributed by atoms with Crippen molar-refractivity contribution in [2.75, 3.05) is 27.1 Å². The number of aromatic amines is 1. The molecule has 0 saturated heterocycles. The first kappa shape index (κ1) is 13.5. The van der Waals surface area contributed by atoms with Crippen LogP contribution in [0.25, 0.3) is 11.1 Å². The summed E-state index contributed by atoms with van der Waals surface area (Å²) in [7, 11) is 4.68. The van der Waals surface area contributed by atoms with Crippen LogP contribution >= 0.6 is 15.9 Å². The van der Waals surface area contributed by atoms with Gasteiger partial charge in [-0.15, -0.1) is 0 Å². The topological polar surface area (TPSA) is 82.4 Å². The van der Waals surface area contributed by atoms with Crippen LogP contribution in [0.3, 0.4) is 0 Å². The van der Waals surface area contributed by atoms with Gasteiger partial charge in [0.2, 0.25) is 5.75 Å². The highest BCUT2D eigenvalue weighted by atomic mass is 79.9. The molecule has 0 radical (unpaired) electrons. The van der Waals surface area contributed by atoms with Crippen LogP contribution in [0.15, 0.2) is 16.7 Å². The van der Waals surface area contributed by atoms with Crippen molar-refractivity contribution in [1.29, 1.82) is 0 Å². The minimum atomic E-state index is 0.450. The third-order valence-electron chi connectivity index (χ3n) is 2.72. The number of H-pyrrole nitrogens is 1. The summed E-state index contributed by atoms with van der Waals surface area (Å²) in [5, 5.41) is 6.61. The zero-order valence-corrected chi connectivity index (χ0v) is 12.4.